The number of nitrogens with one attached hydrogen (secondary N) is 2. The van der Waals surface area contributed by atoms with Crippen LogP contribution in [0, 0.1) is 11.3 Å². The van der Waals surface area contributed by atoms with Crippen LogP contribution in [0.2, 0.25) is 0 Å². The molecule has 0 spiro atoms. The van der Waals surface area contributed by atoms with E-state index in [1.807, 2.05) is 6.07 Å². The first-order chi connectivity index (χ1) is 19.4. The molecule has 2 aromatic rings. The third-order valence-electron chi connectivity index (χ3n) is 7.73. The second kappa shape index (κ2) is 12.0. The molecule has 3 atom stereocenters. The topological polar surface area (TPSA) is 150 Å². The standard InChI is InChI=1S/C28H33N7O5/c1-34(27(37)24-6-4-10-40-24)15-18-11-17-5-3-9-35(26(17)32-22(18)16-36)28(38)33-25-12-21(19(13-29)14-30-25)31-20-7-8-23(20)39-2/h11-12,14,16,20,23-24H,3-10,15H2,1-2H3,(H2,30,31,33,38)/t20-,23+,24+/m0/s1. The number of fused-ring (bicyclic) bond motifs is 1. The van der Waals surface area contributed by atoms with Crippen LogP contribution in [-0.4, -0.2) is 78.7 Å². The number of nitriles is 1. The number of nitrogens with zero attached hydrogens (tertiary/aromatic N) is 5. The molecule has 1 saturated heterocycles. The highest BCUT2D eigenvalue weighted by atomic mass is 16.5. The van der Waals surface area contributed by atoms with E-state index in [1.165, 1.54) is 11.1 Å². The molecule has 0 bridgehead atoms. The number of amides is 3. The number of carbonyl (C=O) groups excluding carboxylic acids is 3. The highest BCUT2D eigenvalue weighted by molar-refractivity contribution is 6.02. The predicted molar refractivity (Wildman–Crippen MR) is 146 cm³/mol. The zero-order chi connectivity index (χ0) is 28.2. The fourth-order valence-electron chi connectivity index (χ4n) is 5.36. The van der Waals surface area contributed by atoms with Gasteiger partial charge in [-0.25, -0.2) is 14.8 Å². The molecule has 2 aromatic heterocycles. The molecule has 2 fully saturated rings. The molecule has 1 aliphatic carbocycles. The molecule has 2 N–H and O–H groups in total. The summed E-state index contributed by atoms with van der Waals surface area (Å²) in [4.78, 5) is 49.9. The van der Waals surface area contributed by atoms with Gasteiger partial charge in [0.1, 0.15) is 29.5 Å². The largest absolute Gasteiger partial charge is 0.379 e. The molecule has 12 nitrogen and oxygen atoms in total. The van der Waals surface area contributed by atoms with Gasteiger partial charge in [-0.05, 0) is 50.2 Å². The molecule has 210 valence electrons. The molecule has 0 aromatic carbocycles. The summed E-state index contributed by atoms with van der Waals surface area (Å²) in [5, 5.41) is 15.7. The minimum absolute atomic E-state index is 0.0690. The predicted octanol–water partition coefficient (Wildman–Crippen LogP) is 2.87. The first-order valence-corrected chi connectivity index (χ1v) is 13.5. The van der Waals surface area contributed by atoms with E-state index in [0.717, 1.165) is 24.8 Å². The summed E-state index contributed by atoms with van der Waals surface area (Å²) < 4.78 is 11.0. The molecular formula is C28H33N7O5. The third kappa shape index (κ3) is 5.61. The van der Waals surface area contributed by atoms with Crippen molar-refractivity contribution in [3.05, 3.63) is 40.7 Å². The summed E-state index contributed by atoms with van der Waals surface area (Å²) in [5.74, 6) is 0.576. The van der Waals surface area contributed by atoms with Gasteiger partial charge in [-0.3, -0.25) is 19.8 Å². The quantitative estimate of drug-likeness (QED) is 0.476. The van der Waals surface area contributed by atoms with Crippen LogP contribution in [0.15, 0.2) is 18.3 Å². The number of hydrogen-bond donors (Lipinski definition) is 2. The molecule has 40 heavy (non-hydrogen) atoms. The number of ether oxygens (including phenoxy) is 2. The molecule has 5 rings (SSSR count). The Hall–Kier alpha value is -4.08. The van der Waals surface area contributed by atoms with Crippen LogP contribution < -0.4 is 15.5 Å². The highest BCUT2D eigenvalue weighted by Gasteiger charge is 2.32. The van der Waals surface area contributed by atoms with E-state index in [0.29, 0.717) is 61.3 Å². The average Bonchev–Trinajstić information content (AvgIpc) is 3.49. The smallest absolute Gasteiger partial charge is 0.328 e. The molecule has 12 heteroatoms. The number of aryl methyl sites for hydroxylation is 1. The normalized spacial score (nSPS) is 21.5. The number of likely N-dealkylation sites (N-methyl/N-ethyl adjacent to an activating group) is 1. The van der Waals surface area contributed by atoms with Crippen molar-refractivity contribution in [1.82, 2.24) is 14.9 Å². The lowest BCUT2D eigenvalue weighted by Crippen LogP contribution is -2.44. The Bertz CT molecular complexity index is 1340. The van der Waals surface area contributed by atoms with Crippen molar-refractivity contribution in [2.24, 2.45) is 0 Å². The molecule has 3 aliphatic rings. The summed E-state index contributed by atoms with van der Waals surface area (Å²) in [5.41, 5.74) is 2.58. The second-order valence-electron chi connectivity index (χ2n) is 10.3. The SMILES string of the molecule is CO[C@@H]1CC[C@@H]1Nc1cc(NC(=O)N2CCCc3cc(CN(C)C(=O)[C@H]4CCCO4)c(C=O)nc32)ncc1C#N. The lowest BCUT2D eigenvalue weighted by atomic mass is 9.88. The van der Waals surface area contributed by atoms with Gasteiger partial charge in [0.05, 0.1) is 23.4 Å². The van der Waals surface area contributed by atoms with Crippen molar-refractivity contribution in [3.8, 4) is 6.07 Å². The lowest BCUT2D eigenvalue weighted by molar-refractivity contribution is -0.140. The molecular weight excluding hydrogens is 514 g/mol. The number of hydrogen-bond acceptors (Lipinski definition) is 9. The van der Waals surface area contributed by atoms with Crippen LogP contribution >= 0.6 is 0 Å². The molecule has 1 saturated carbocycles. The Morgan fingerprint density at radius 3 is 2.83 bits per heavy atom. The van der Waals surface area contributed by atoms with Crippen LogP contribution in [0.4, 0.5) is 22.1 Å². The Labute approximate surface area is 232 Å². The van der Waals surface area contributed by atoms with Crippen LogP contribution in [0.3, 0.4) is 0 Å². The van der Waals surface area contributed by atoms with Gasteiger partial charge in [0, 0.05) is 51.7 Å². The van der Waals surface area contributed by atoms with Crippen LogP contribution in [0.5, 0.6) is 0 Å². The van der Waals surface area contributed by atoms with E-state index in [-0.39, 0.29) is 36.1 Å². The van der Waals surface area contributed by atoms with E-state index in [1.54, 1.807) is 25.1 Å². The summed E-state index contributed by atoms with van der Waals surface area (Å²) >= 11 is 0. The number of urea groups is 1. The minimum atomic E-state index is -0.448. The Kier molecular flexibility index (Phi) is 8.23. The molecule has 2 aliphatic heterocycles. The number of anilines is 3. The minimum Gasteiger partial charge on any atom is -0.379 e. The fraction of sp³-hybridized carbons (Fsp3) is 0.500. The summed E-state index contributed by atoms with van der Waals surface area (Å²) in [7, 11) is 3.35. The van der Waals surface area contributed by atoms with Gasteiger partial charge in [0.2, 0.25) is 0 Å². The second-order valence-corrected chi connectivity index (χ2v) is 10.3. The Balaban J connectivity index is 1.32. The van der Waals surface area contributed by atoms with Gasteiger partial charge in [-0.1, -0.05) is 0 Å². The van der Waals surface area contributed by atoms with Gasteiger partial charge in [0.25, 0.3) is 5.91 Å². The van der Waals surface area contributed by atoms with Gasteiger partial charge < -0.3 is 19.7 Å². The summed E-state index contributed by atoms with van der Waals surface area (Å²) in [6, 6.07) is 5.27. The zero-order valence-electron chi connectivity index (χ0n) is 22.7. The van der Waals surface area contributed by atoms with Crippen molar-refractivity contribution < 1.29 is 23.9 Å². The number of aromatic nitrogens is 2. The summed E-state index contributed by atoms with van der Waals surface area (Å²) in [6.45, 7) is 1.21. The highest BCUT2D eigenvalue weighted by Crippen LogP contribution is 2.31. The molecule has 4 heterocycles. The van der Waals surface area contributed by atoms with E-state index < -0.39 is 12.1 Å². The lowest BCUT2D eigenvalue weighted by Gasteiger charge is -2.36. The van der Waals surface area contributed by atoms with Gasteiger partial charge in [0.15, 0.2) is 6.29 Å². The first-order valence-electron chi connectivity index (χ1n) is 13.5. The maximum absolute atomic E-state index is 13.4. The van der Waals surface area contributed by atoms with E-state index in [4.69, 9.17) is 9.47 Å². The number of rotatable bonds is 8. The van der Waals surface area contributed by atoms with Crippen LogP contribution in [0.1, 0.15) is 59.3 Å². The number of methoxy groups -OCH3 is 1. The van der Waals surface area contributed by atoms with Gasteiger partial charge in [-0.15, -0.1) is 0 Å². The Morgan fingerprint density at radius 2 is 2.15 bits per heavy atom. The van der Waals surface area contributed by atoms with Crippen LogP contribution in [0.25, 0.3) is 0 Å². The molecule has 0 radical (unpaired) electrons. The zero-order valence-corrected chi connectivity index (χ0v) is 22.7. The van der Waals surface area contributed by atoms with Crippen molar-refractivity contribution in [3.63, 3.8) is 0 Å². The van der Waals surface area contributed by atoms with Gasteiger partial charge in [-0.2, -0.15) is 5.26 Å². The number of aldehydes is 1. The van der Waals surface area contributed by atoms with Crippen LogP contribution in [-0.2, 0) is 27.2 Å². The number of pyridine rings is 2. The maximum atomic E-state index is 13.4. The van der Waals surface area contributed by atoms with Gasteiger partial charge >= 0.3 is 6.03 Å². The maximum Gasteiger partial charge on any atom is 0.328 e. The first kappa shape index (κ1) is 27.5. The fourth-order valence-corrected chi connectivity index (χ4v) is 5.36. The van der Waals surface area contributed by atoms with E-state index >= 15 is 0 Å². The van der Waals surface area contributed by atoms with E-state index in [9.17, 15) is 19.6 Å². The van der Waals surface area contributed by atoms with Crippen molar-refractivity contribution >= 4 is 35.5 Å². The Morgan fingerprint density at radius 1 is 1.30 bits per heavy atom. The van der Waals surface area contributed by atoms with Crippen molar-refractivity contribution in [1.29, 1.82) is 5.26 Å². The summed E-state index contributed by atoms with van der Waals surface area (Å²) in [6.07, 6.45) is 6.50. The average molecular weight is 548 g/mol. The molecule has 0 unspecified atom stereocenters. The molecule has 3 amide bonds. The number of carbonyl (C=O) groups is 3. The van der Waals surface area contributed by atoms with Crippen molar-refractivity contribution in [2.75, 3.05) is 42.8 Å². The monoisotopic (exact) mass is 547 g/mol. The van der Waals surface area contributed by atoms with Crippen molar-refractivity contribution in [2.45, 2.75) is 63.3 Å². The third-order valence-corrected chi connectivity index (χ3v) is 7.73. The van der Waals surface area contributed by atoms with E-state index in [2.05, 4.69) is 26.7 Å².